The number of nitrogens with zero attached hydrogens (tertiary/aromatic N) is 1. The fraction of sp³-hybridized carbons (Fsp3) is 0.667. The maximum atomic E-state index is 6.19. The summed E-state index contributed by atoms with van der Waals surface area (Å²) in [6.07, 6.45) is 0. The van der Waals surface area contributed by atoms with Gasteiger partial charge in [-0.05, 0) is 6.92 Å². The van der Waals surface area contributed by atoms with E-state index in [1.165, 1.54) is 0 Å². The summed E-state index contributed by atoms with van der Waals surface area (Å²) in [4.78, 5) is 3.39. The fourth-order valence-corrected chi connectivity index (χ4v) is 0.0791. The first-order chi connectivity index (χ1) is 2.41. The molecule has 2 nitrogen and oxygen atoms in total. The van der Waals surface area contributed by atoms with Crippen molar-refractivity contribution in [1.29, 1.82) is 5.41 Å². The second kappa shape index (κ2) is 8.92. The zero-order valence-corrected chi connectivity index (χ0v) is 5.89. The van der Waals surface area contributed by atoms with Crippen molar-refractivity contribution in [2.75, 3.05) is 6.54 Å². The molecule has 0 aromatic carbocycles. The molecule has 0 aliphatic rings. The van der Waals surface area contributed by atoms with Crippen molar-refractivity contribution in [3.63, 3.8) is 0 Å². The van der Waals surface area contributed by atoms with Gasteiger partial charge in [0, 0.05) is 6.54 Å². The Bertz CT molecular complexity index is 55.8. The third-order valence-electron chi connectivity index (χ3n) is 0.237. The van der Waals surface area contributed by atoms with Gasteiger partial charge in [-0.2, -0.15) is 0 Å². The third-order valence-corrected chi connectivity index (χ3v) is 0.237. The second-order valence-electron chi connectivity index (χ2n) is 0.586. The largest absolute Gasteiger partial charge is 0.242 e. The molecule has 0 atom stereocenters. The lowest BCUT2D eigenvalue weighted by molar-refractivity contribution is 1.14. The molecule has 0 aromatic rings. The van der Waals surface area contributed by atoms with Gasteiger partial charge in [-0.15, -0.1) is 24.0 Å². The fourth-order valence-electron chi connectivity index (χ4n) is 0.0791. The van der Waals surface area contributed by atoms with Gasteiger partial charge in [0.25, 0.3) is 0 Å². The Hall–Kier alpha value is 0.110. The molecule has 0 rings (SSSR count). The number of nitrogens with one attached hydrogen (secondary N) is 1. The van der Waals surface area contributed by atoms with E-state index in [4.69, 9.17) is 5.41 Å². The smallest absolute Gasteiger partial charge is 0.0861 e. The van der Waals surface area contributed by atoms with Crippen molar-refractivity contribution in [2.24, 2.45) is 4.99 Å². The maximum Gasteiger partial charge on any atom is 0.0861 e. The molecule has 0 aliphatic heterocycles. The SMILES string of the molecule is CCN=C=N.I. The summed E-state index contributed by atoms with van der Waals surface area (Å²) in [5.41, 5.74) is 0. The number of halogens is 1. The van der Waals surface area contributed by atoms with Crippen LogP contribution in [0.2, 0.25) is 0 Å². The minimum absolute atomic E-state index is 0. The Morgan fingerprint density at radius 1 is 1.83 bits per heavy atom. The predicted octanol–water partition coefficient (Wildman–Crippen LogP) is 1.38. The van der Waals surface area contributed by atoms with Crippen molar-refractivity contribution in [3.8, 4) is 0 Å². The summed E-state index contributed by atoms with van der Waals surface area (Å²) in [7, 11) is 0. The number of hydrogen-bond donors (Lipinski definition) is 1. The molecule has 0 bridgehead atoms. The van der Waals surface area contributed by atoms with Crippen LogP contribution in [0.5, 0.6) is 0 Å². The van der Waals surface area contributed by atoms with Crippen LogP contribution >= 0.6 is 24.0 Å². The second-order valence-corrected chi connectivity index (χ2v) is 0.586. The van der Waals surface area contributed by atoms with Crippen molar-refractivity contribution in [2.45, 2.75) is 6.92 Å². The van der Waals surface area contributed by atoms with Crippen molar-refractivity contribution < 1.29 is 0 Å². The highest BCUT2D eigenvalue weighted by atomic mass is 127. The molecule has 0 unspecified atom stereocenters. The Kier molecular flexibility index (Phi) is 14.0. The van der Waals surface area contributed by atoms with Crippen LogP contribution in [0.4, 0.5) is 0 Å². The Labute approximate surface area is 54.2 Å². The predicted molar refractivity (Wildman–Crippen MR) is 36.1 cm³/mol. The first kappa shape index (κ1) is 9.44. The summed E-state index contributed by atoms with van der Waals surface area (Å²) in [6, 6.07) is 1.89. The molecule has 0 heterocycles. The first-order valence-electron chi connectivity index (χ1n) is 1.50. The van der Waals surface area contributed by atoms with Crippen LogP contribution in [0, 0.1) is 5.41 Å². The van der Waals surface area contributed by atoms with Crippen LogP contribution < -0.4 is 0 Å². The van der Waals surface area contributed by atoms with Gasteiger partial charge in [0.15, 0.2) is 0 Å². The topological polar surface area (TPSA) is 36.2 Å². The van der Waals surface area contributed by atoms with Gasteiger partial charge in [-0.3, -0.25) is 0 Å². The third kappa shape index (κ3) is 8.93. The lowest BCUT2D eigenvalue weighted by atomic mass is 10.8. The van der Waals surface area contributed by atoms with Gasteiger partial charge in [-0.1, -0.05) is 0 Å². The van der Waals surface area contributed by atoms with E-state index in [1.807, 2.05) is 12.9 Å². The van der Waals surface area contributed by atoms with Crippen molar-refractivity contribution in [3.05, 3.63) is 0 Å². The maximum absolute atomic E-state index is 6.19. The summed E-state index contributed by atoms with van der Waals surface area (Å²) >= 11 is 0. The summed E-state index contributed by atoms with van der Waals surface area (Å²) in [5.74, 6) is 0. The van der Waals surface area contributed by atoms with Crippen LogP contribution in [0.1, 0.15) is 6.92 Å². The normalized spacial score (nSPS) is 4.83. The van der Waals surface area contributed by atoms with E-state index >= 15 is 0 Å². The van der Waals surface area contributed by atoms with Crippen LogP contribution in [0.15, 0.2) is 4.99 Å². The van der Waals surface area contributed by atoms with Gasteiger partial charge >= 0.3 is 0 Å². The highest BCUT2D eigenvalue weighted by Gasteiger charge is 1.49. The number of aliphatic imine (C=N–C) groups is 1. The minimum Gasteiger partial charge on any atom is -0.242 e. The molecule has 3 heteroatoms. The molecule has 0 aromatic heterocycles. The van der Waals surface area contributed by atoms with Gasteiger partial charge in [0.1, 0.15) is 0 Å². The van der Waals surface area contributed by atoms with Gasteiger partial charge < -0.3 is 0 Å². The molecule has 0 fully saturated rings. The van der Waals surface area contributed by atoms with E-state index < -0.39 is 0 Å². The molecule has 0 aliphatic carbocycles. The standard InChI is InChI=1S/C3H6N2.HI/c1-2-5-3-4;/h4H,2H2,1H3;1H. The van der Waals surface area contributed by atoms with Crippen LogP contribution in [-0.4, -0.2) is 12.6 Å². The molecule has 1 N–H and O–H groups in total. The monoisotopic (exact) mass is 198 g/mol. The Balaban J connectivity index is 0. The lowest BCUT2D eigenvalue weighted by Crippen LogP contribution is -1.58. The number of hydrogen-bond acceptors (Lipinski definition) is 2. The van der Waals surface area contributed by atoms with Crippen LogP contribution in [0.25, 0.3) is 0 Å². The molecule has 6 heavy (non-hydrogen) atoms. The van der Waals surface area contributed by atoms with Crippen molar-refractivity contribution in [1.82, 2.24) is 0 Å². The number of rotatable bonds is 1. The average molecular weight is 198 g/mol. The minimum atomic E-state index is 0. The zero-order chi connectivity index (χ0) is 4.12. The molecule has 0 saturated carbocycles. The van der Waals surface area contributed by atoms with E-state index in [-0.39, 0.29) is 24.0 Å². The molecule has 0 amide bonds. The highest BCUT2D eigenvalue weighted by molar-refractivity contribution is 14.0. The van der Waals surface area contributed by atoms with E-state index in [2.05, 4.69) is 4.99 Å². The molecular formula is C3H7IN2. The van der Waals surface area contributed by atoms with Crippen molar-refractivity contribution >= 4 is 30.0 Å². The van der Waals surface area contributed by atoms with E-state index in [1.54, 1.807) is 0 Å². The summed E-state index contributed by atoms with van der Waals surface area (Å²) in [5, 5.41) is 6.19. The van der Waals surface area contributed by atoms with E-state index in [9.17, 15) is 0 Å². The molecule has 36 valence electrons. The van der Waals surface area contributed by atoms with E-state index in [0.29, 0.717) is 6.54 Å². The highest BCUT2D eigenvalue weighted by Crippen LogP contribution is 1.53. The summed E-state index contributed by atoms with van der Waals surface area (Å²) in [6.45, 7) is 2.53. The van der Waals surface area contributed by atoms with E-state index in [0.717, 1.165) is 0 Å². The Morgan fingerprint density at radius 2 is 2.33 bits per heavy atom. The van der Waals surface area contributed by atoms with Crippen LogP contribution in [-0.2, 0) is 0 Å². The lowest BCUT2D eigenvalue weighted by Gasteiger charge is -1.60. The zero-order valence-electron chi connectivity index (χ0n) is 3.56. The first-order valence-corrected chi connectivity index (χ1v) is 1.50. The molecule has 0 saturated heterocycles. The molecule has 0 radical (unpaired) electrons. The van der Waals surface area contributed by atoms with Crippen LogP contribution in [0.3, 0.4) is 0 Å². The Morgan fingerprint density at radius 3 is 2.33 bits per heavy atom. The molecule has 0 spiro atoms. The quantitative estimate of drug-likeness (QED) is 0.488. The van der Waals surface area contributed by atoms with Gasteiger partial charge in [0.05, 0.1) is 6.01 Å². The van der Waals surface area contributed by atoms with Gasteiger partial charge in [-0.25, -0.2) is 10.4 Å². The van der Waals surface area contributed by atoms with Gasteiger partial charge in [0.2, 0.25) is 0 Å². The molecular weight excluding hydrogens is 191 g/mol. The summed E-state index contributed by atoms with van der Waals surface area (Å²) < 4.78 is 0. The average Bonchev–Trinajstić information content (AvgIpc) is 1.41.